The number of pyridine rings is 1. The smallest absolute Gasteiger partial charge is 0.320 e. The molecule has 1 saturated carbocycles. The number of amides is 2. The van der Waals surface area contributed by atoms with E-state index in [0.717, 1.165) is 18.4 Å². The molecule has 1 heterocycles. The number of nitrogen functional groups attached to an aromatic ring is 1. The van der Waals surface area contributed by atoms with Crippen LogP contribution >= 0.6 is 0 Å². The summed E-state index contributed by atoms with van der Waals surface area (Å²) in [6.45, 7) is 1.92. The van der Waals surface area contributed by atoms with Gasteiger partial charge in [0.1, 0.15) is 5.82 Å². The van der Waals surface area contributed by atoms with Crippen molar-refractivity contribution in [3.05, 3.63) is 53.7 Å². The number of anilines is 2. The minimum Gasteiger partial charge on any atom is -0.398 e. The van der Waals surface area contributed by atoms with E-state index in [1.165, 1.54) is 12.8 Å². The van der Waals surface area contributed by atoms with Crippen LogP contribution in [-0.4, -0.2) is 16.7 Å². The number of benzene rings is 1. The number of hydrogen-bond donors (Lipinski definition) is 4. The number of hydrogen-bond acceptors (Lipinski definition) is 4. The summed E-state index contributed by atoms with van der Waals surface area (Å²) in [4.78, 5) is 16.4. The Kier molecular flexibility index (Phi) is 5.51. The Morgan fingerprint density at radius 2 is 1.96 bits per heavy atom. The van der Waals surface area contributed by atoms with Gasteiger partial charge in [-0.2, -0.15) is 0 Å². The highest BCUT2D eigenvalue weighted by atomic mass is 16.2. The zero-order valence-electron chi connectivity index (χ0n) is 15.0. The molecule has 136 valence electrons. The van der Waals surface area contributed by atoms with E-state index in [4.69, 9.17) is 11.1 Å². The zero-order chi connectivity index (χ0) is 18.5. The Hall–Kier alpha value is -2.89. The van der Waals surface area contributed by atoms with Gasteiger partial charge >= 0.3 is 6.03 Å². The van der Waals surface area contributed by atoms with Crippen molar-refractivity contribution in [1.82, 2.24) is 10.3 Å². The lowest BCUT2D eigenvalue weighted by molar-refractivity contribution is 0.249. The number of nitrogens with zero attached hydrogens (tertiary/aromatic N) is 1. The lowest BCUT2D eigenvalue weighted by Crippen LogP contribution is -2.31. The molecule has 1 fully saturated rings. The normalized spacial score (nSPS) is 15.4. The fourth-order valence-corrected chi connectivity index (χ4v) is 3.37. The molecule has 1 aliphatic carbocycles. The SMILES string of the molecule is C[C@@H](NC(=O)Nc1cc(N)c(C(=N)C2CCCC2)cn1)c1ccccc1. The number of nitrogens with two attached hydrogens (primary N) is 1. The van der Waals surface area contributed by atoms with E-state index in [1.807, 2.05) is 37.3 Å². The third-order valence-corrected chi connectivity index (χ3v) is 4.88. The predicted molar refractivity (Wildman–Crippen MR) is 104 cm³/mol. The molecule has 1 aromatic carbocycles. The summed E-state index contributed by atoms with van der Waals surface area (Å²) in [6, 6.07) is 10.9. The Morgan fingerprint density at radius 1 is 1.27 bits per heavy atom. The molecule has 26 heavy (non-hydrogen) atoms. The van der Waals surface area contributed by atoms with Gasteiger partial charge in [-0.3, -0.25) is 5.32 Å². The average Bonchev–Trinajstić information content (AvgIpc) is 3.16. The van der Waals surface area contributed by atoms with Crippen molar-refractivity contribution in [2.24, 2.45) is 5.92 Å². The van der Waals surface area contributed by atoms with Gasteiger partial charge in [0.25, 0.3) is 0 Å². The molecule has 2 aromatic rings. The topological polar surface area (TPSA) is 104 Å². The second-order valence-electron chi connectivity index (χ2n) is 6.78. The first-order valence-electron chi connectivity index (χ1n) is 9.01. The van der Waals surface area contributed by atoms with Gasteiger partial charge in [-0.05, 0) is 25.3 Å². The van der Waals surface area contributed by atoms with Crippen molar-refractivity contribution >= 4 is 23.2 Å². The molecule has 0 aliphatic heterocycles. The Balaban J connectivity index is 1.62. The quantitative estimate of drug-likeness (QED) is 0.609. The van der Waals surface area contributed by atoms with Crippen molar-refractivity contribution in [2.45, 2.75) is 38.6 Å². The van der Waals surface area contributed by atoms with E-state index < -0.39 is 0 Å². The van der Waals surface area contributed by atoms with Gasteiger partial charge < -0.3 is 16.5 Å². The molecular formula is C20H25N5O. The van der Waals surface area contributed by atoms with Gasteiger partial charge in [-0.25, -0.2) is 9.78 Å². The maximum Gasteiger partial charge on any atom is 0.320 e. The summed E-state index contributed by atoms with van der Waals surface area (Å²) < 4.78 is 0. The number of rotatable bonds is 5. The van der Waals surface area contributed by atoms with Crippen LogP contribution in [0, 0.1) is 11.3 Å². The molecule has 0 bridgehead atoms. The molecule has 2 amide bonds. The van der Waals surface area contributed by atoms with Crippen molar-refractivity contribution in [2.75, 3.05) is 11.1 Å². The first-order chi connectivity index (χ1) is 12.5. The molecule has 6 nitrogen and oxygen atoms in total. The highest BCUT2D eigenvalue weighted by Gasteiger charge is 2.22. The molecule has 5 N–H and O–H groups in total. The highest BCUT2D eigenvalue weighted by molar-refractivity contribution is 6.04. The van der Waals surface area contributed by atoms with Crippen LogP contribution in [0.2, 0.25) is 0 Å². The van der Waals surface area contributed by atoms with Crippen LogP contribution in [0.25, 0.3) is 0 Å². The van der Waals surface area contributed by atoms with E-state index in [2.05, 4.69) is 15.6 Å². The third-order valence-electron chi connectivity index (χ3n) is 4.88. The highest BCUT2D eigenvalue weighted by Crippen LogP contribution is 2.30. The van der Waals surface area contributed by atoms with Gasteiger partial charge in [-0.1, -0.05) is 43.2 Å². The van der Waals surface area contributed by atoms with Crippen LogP contribution in [0.3, 0.4) is 0 Å². The number of aromatic nitrogens is 1. The summed E-state index contributed by atoms with van der Waals surface area (Å²) in [7, 11) is 0. The van der Waals surface area contributed by atoms with Crippen molar-refractivity contribution in [3.63, 3.8) is 0 Å². The summed E-state index contributed by atoms with van der Waals surface area (Å²) in [5, 5.41) is 13.9. The molecule has 1 aromatic heterocycles. The Morgan fingerprint density at radius 3 is 2.62 bits per heavy atom. The van der Waals surface area contributed by atoms with Crippen LogP contribution in [0.15, 0.2) is 42.6 Å². The molecule has 6 heteroatoms. The van der Waals surface area contributed by atoms with Gasteiger partial charge in [0, 0.05) is 35.1 Å². The first-order valence-corrected chi connectivity index (χ1v) is 9.01. The van der Waals surface area contributed by atoms with Crippen LogP contribution in [0.1, 0.15) is 49.8 Å². The number of nitrogens with one attached hydrogen (secondary N) is 3. The molecular weight excluding hydrogens is 326 g/mol. The molecule has 3 rings (SSSR count). The summed E-state index contributed by atoms with van der Waals surface area (Å²) in [5.41, 5.74) is 8.83. The molecule has 1 atom stereocenters. The van der Waals surface area contributed by atoms with E-state index in [1.54, 1.807) is 12.3 Å². The predicted octanol–water partition coefficient (Wildman–Crippen LogP) is 4.10. The van der Waals surface area contributed by atoms with Crippen LogP contribution in [0.4, 0.5) is 16.3 Å². The summed E-state index contributed by atoms with van der Waals surface area (Å²) >= 11 is 0. The Bertz CT molecular complexity index is 784. The summed E-state index contributed by atoms with van der Waals surface area (Å²) in [5.74, 6) is 0.649. The Labute approximate surface area is 153 Å². The minimum atomic E-state index is -0.341. The van der Waals surface area contributed by atoms with Gasteiger partial charge in [-0.15, -0.1) is 0 Å². The van der Waals surface area contributed by atoms with Crippen LogP contribution in [0.5, 0.6) is 0 Å². The number of carbonyl (C=O) groups is 1. The lowest BCUT2D eigenvalue weighted by atomic mass is 9.95. The van der Waals surface area contributed by atoms with E-state index >= 15 is 0 Å². The van der Waals surface area contributed by atoms with E-state index in [9.17, 15) is 4.79 Å². The van der Waals surface area contributed by atoms with Crippen LogP contribution < -0.4 is 16.4 Å². The maximum absolute atomic E-state index is 12.2. The van der Waals surface area contributed by atoms with Crippen molar-refractivity contribution < 1.29 is 4.79 Å². The summed E-state index contributed by atoms with van der Waals surface area (Å²) in [6.07, 6.45) is 6.00. The average molecular weight is 351 g/mol. The van der Waals surface area contributed by atoms with Crippen LogP contribution in [-0.2, 0) is 0 Å². The second kappa shape index (κ2) is 7.99. The number of carbonyl (C=O) groups excluding carboxylic acids is 1. The molecule has 0 radical (unpaired) electrons. The first kappa shape index (κ1) is 17.9. The maximum atomic E-state index is 12.2. The third kappa shape index (κ3) is 4.20. The largest absolute Gasteiger partial charge is 0.398 e. The van der Waals surface area contributed by atoms with E-state index in [-0.39, 0.29) is 18.0 Å². The molecule has 0 unspecified atom stereocenters. The van der Waals surface area contributed by atoms with Gasteiger partial charge in [0.15, 0.2) is 0 Å². The monoisotopic (exact) mass is 351 g/mol. The lowest BCUT2D eigenvalue weighted by Gasteiger charge is -2.16. The van der Waals surface area contributed by atoms with Crippen molar-refractivity contribution in [1.29, 1.82) is 5.41 Å². The zero-order valence-corrected chi connectivity index (χ0v) is 15.0. The van der Waals surface area contributed by atoms with Gasteiger partial charge in [0.2, 0.25) is 0 Å². The second-order valence-corrected chi connectivity index (χ2v) is 6.78. The molecule has 0 spiro atoms. The fourth-order valence-electron chi connectivity index (χ4n) is 3.37. The molecule has 1 aliphatic rings. The standard InChI is InChI=1S/C20H25N5O/c1-13(14-7-3-2-4-8-14)24-20(26)25-18-11-17(21)16(12-23-18)19(22)15-9-5-6-10-15/h2-4,7-8,11-13,15,22H,5-6,9-10H2,1H3,(H4,21,23,24,25,26)/t13-/m1/s1. The fraction of sp³-hybridized carbons (Fsp3) is 0.350. The molecule has 0 saturated heterocycles. The number of urea groups is 1. The van der Waals surface area contributed by atoms with Crippen molar-refractivity contribution in [3.8, 4) is 0 Å². The van der Waals surface area contributed by atoms with E-state index in [0.29, 0.717) is 22.8 Å². The van der Waals surface area contributed by atoms with Gasteiger partial charge in [0.05, 0.1) is 6.04 Å². The minimum absolute atomic E-state index is 0.122.